The minimum absolute atomic E-state index is 0.0717. The maximum absolute atomic E-state index is 12.8. The second kappa shape index (κ2) is 11.0. The molecule has 0 unspecified atom stereocenters. The molecule has 3 rings (SSSR count). The summed E-state index contributed by atoms with van der Waals surface area (Å²) in [6, 6.07) is 9.42. The highest BCUT2D eigenvalue weighted by Crippen LogP contribution is 2.39. The van der Waals surface area contributed by atoms with E-state index in [1.165, 1.54) is 12.1 Å². The van der Waals surface area contributed by atoms with E-state index in [0.29, 0.717) is 37.1 Å². The summed E-state index contributed by atoms with van der Waals surface area (Å²) in [5.74, 6) is 0.995. The Hall–Kier alpha value is -3.60. The van der Waals surface area contributed by atoms with Crippen molar-refractivity contribution >= 4 is 21.8 Å². The smallest absolute Gasteiger partial charge is 0.322 e. The molecule has 11 heteroatoms. The minimum Gasteiger partial charge on any atom is -0.490 e. The molecule has 10 nitrogen and oxygen atoms in total. The number of hydrogen-bond donors (Lipinski definition) is 1. The molecule has 0 spiro atoms. The van der Waals surface area contributed by atoms with Crippen LogP contribution in [0.1, 0.15) is 42.6 Å². The van der Waals surface area contributed by atoms with Crippen molar-refractivity contribution in [2.45, 2.75) is 32.1 Å². The average molecular weight is 490 g/mol. The molecule has 0 aliphatic rings. The van der Waals surface area contributed by atoms with Crippen LogP contribution in [0.3, 0.4) is 0 Å². The van der Waals surface area contributed by atoms with Crippen LogP contribution in [0.4, 0.5) is 6.01 Å². The SMILES string of the molecule is CCOc1cc(C(=O)Nc2nnc(Cc3ccc(S(C)(=O)=O)cc3)o2)cc(OCC)c1OCC. The van der Waals surface area contributed by atoms with E-state index in [2.05, 4.69) is 15.5 Å². The van der Waals surface area contributed by atoms with Gasteiger partial charge in [-0.05, 0) is 50.6 Å². The summed E-state index contributed by atoms with van der Waals surface area (Å²) >= 11 is 0. The fourth-order valence-electron chi connectivity index (χ4n) is 3.09. The molecule has 2 aromatic carbocycles. The summed E-state index contributed by atoms with van der Waals surface area (Å²) in [7, 11) is -3.27. The molecule has 1 amide bonds. The fraction of sp³-hybridized carbons (Fsp3) is 0.348. The summed E-state index contributed by atoms with van der Waals surface area (Å²) in [6.45, 7) is 6.69. The molecule has 34 heavy (non-hydrogen) atoms. The average Bonchev–Trinajstić information content (AvgIpc) is 3.22. The van der Waals surface area contributed by atoms with Crippen LogP contribution in [0.5, 0.6) is 17.2 Å². The number of nitrogens with one attached hydrogen (secondary N) is 1. The second-order valence-corrected chi connectivity index (χ2v) is 9.16. The molecule has 0 bridgehead atoms. The van der Waals surface area contributed by atoms with E-state index in [-0.39, 0.29) is 28.8 Å². The Balaban J connectivity index is 1.76. The first-order valence-electron chi connectivity index (χ1n) is 10.7. The third kappa shape index (κ3) is 6.25. The molecule has 0 atom stereocenters. The van der Waals surface area contributed by atoms with Crippen molar-refractivity contribution in [3.05, 3.63) is 53.4 Å². The van der Waals surface area contributed by atoms with Gasteiger partial charge in [-0.25, -0.2) is 8.42 Å². The van der Waals surface area contributed by atoms with E-state index in [9.17, 15) is 13.2 Å². The highest BCUT2D eigenvalue weighted by atomic mass is 32.2. The van der Waals surface area contributed by atoms with Gasteiger partial charge in [0, 0.05) is 11.8 Å². The van der Waals surface area contributed by atoms with Crippen LogP contribution in [-0.2, 0) is 16.3 Å². The normalized spacial score (nSPS) is 11.2. The van der Waals surface area contributed by atoms with Crippen molar-refractivity contribution in [2.75, 3.05) is 31.4 Å². The lowest BCUT2D eigenvalue weighted by molar-refractivity contribution is 0.102. The molecule has 0 fully saturated rings. The van der Waals surface area contributed by atoms with Gasteiger partial charge >= 0.3 is 6.01 Å². The summed E-state index contributed by atoms with van der Waals surface area (Å²) in [6.07, 6.45) is 1.42. The van der Waals surface area contributed by atoms with E-state index in [0.717, 1.165) is 11.8 Å². The Kier molecular flexibility index (Phi) is 8.11. The predicted octanol–water partition coefficient (Wildman–Crippen LogP) is 3.51. The molecule has 0 radical (unpaired) electrons. The number of benzene rings is 2. The first kappa shape index (κ1) is 25.0. The molecule has 0 aliphatic heterocycles. The number of sulfone groups is 1. The summed E-state index contributed by atoms with van der Waals surface area (Å²) in [5.41, 5.74) is 1.05. The zero-order valence-electron chi connectivity index (χ0n) is 19.5. The molecule has 0 saturated carbocycles. The molecule has 1 heterocycles. The van der Waals surface area contributed by atoms with Crippen molar-refractivity contribution in [3.8, 4) is 17.2 Å². The topological polar surface area (TPSA) is 130 Å². The van der Waals surface area contributed by atoms with Gasteiger partial charge in [0.05, 0.1) is 31.1 Å². The van der Waals surface area contributed by atoms with Crippen LogP contribution in [0.15, 0.2) is 45.7 Å². The van der Waals surface area contributed by atoms with Crippen LogP contribution in [0.25, 0.3) is 0 Å². The first-order valence-corrected chi connectivity index (χ1v) is 12.6. The van der Waals surface area contributed by atoms with Gasteiger partial charge in [-0.1, -0.05) is 17.2 Å². The molecule has 0 saturated heterocycles. The fourth-order valence-corrected chi connectivity index (χ4v) is 3.72. The number of rotatable bonds is 11. The number of anilines is 1. The summed E-state index contributed by atoms with van der Waals surface area (Å²) in [4.78, 5) is 13.1. The van der Waals surface area contributed by atoms with Crippen LogP contribution in [0.2, 0.25) is 0 Å². The molecule has 0 aliphatic carbocycles. The quantitative estimate of drug-likeness (QED) is 0.430. The monoisotopic (exact) mass is 489 g/mol. The molecule has 1 aromatic heterocycles. The van der Waals surface area contributed by atoms with Crippen molar-refractivity contribution in [1.82, 2.24) is 10.2 Å². The molecule has 3 aromatic rings. The molecular formula is C23H27N3O7S. The second-order valence-electron chi connectivity index (χ2n) is 7.15. The number of nitrogens with zero attached hydrogens (tertiary/aromatic N) is 2. The largest absolute Gasteiger partial charge is 0.490 e. The Morgan fingerprint density at radius 3 is 2.06 bits per heavy atom. The third-order valence-corrected chi connectivity index (χ3v) is 5.69. The van der Waals surface area contributed by atoms with E-state index >= 15 is 0 Å². The standard InChI is InChI=1S/C23H27N3O7S/c1-5-30-18-13-16(14-19(31-6-2)21(18)32-7-3)22(27)24-23-26-25-20(33-23)12-15-8-10-17(11-9-15)34(4,28)29/h8-11,13-14H,5-7,12H2,1-4H3,(H,24,26,27). The first-order chi connectivity index (χ1) is 16.2. The summed E-state index contributed by atoms with van der Waals surface area (Å²) in [5, 5.41) is 10.4. The molecule has 182 valence electrons. The molecular weight excluding hydrogens is 462 g/mol. The maximum atomic E-state index is 12.8. The Morgan fingerprint density at radius 2 is 1.53 bits per heavy atom. The van der Waals surface area contributed by atoms with Gasteiger partial charge in [0.25, 0.3) is 5.91 Å². The number of carbonyl (C=O) groups is 1. The van der Waals surface area contributed by atoms with Crippen molar-refractivity contribution in [1.29, 1.82) is 0 Å². The van der Waals surface area contributed by atoms with E-state index in [1.54, 1.807) is 24.3 Å². The van der Waals surface area contributed by atoms with Gasteiger partial charge in [-0.3, -0.25) is 10.1 Å². The zero-order chi connectivity index (χ0) is 24.7. The minimum atomic E-state index is -3.27. The van der Waals surface area contributed by atoms with Crippen molar-refractivity contribution < 1.29 is 31.8 Å². The van der Waals surface area contributed by atoms with Crippen LogP contribution >= 0.6 is 0 Å². The lowest BCUT2D eigenvalue weighted by Crippen LogP contribution is -2.13. The Morgan fingerprint density at radius 1 is 0.941 bits per heavy atom. The van der Waals surface area contributed by atoms with E-state index in [4.69, 9.17) is 18.6 Å². The van der Waals surface area contributed by atoms with Gasteiger partial charge < -0.3 is 18.6 Å². The van der Waals surface area contributed by atoms with Gasteiger partial charge in [0.2, 0.25) is 11.6 Å². The molecule has 1 N–H and O–H groups in total. The van der Waals surface area contributed by atoms with Gasteiger partial charge in [-0.2, -0.15) is 0 Å². The highest BCUT2D eigenvalue weighted by molar-refractivity contribution is 7.90. The third-order valence-electron chi connectivity index (χ3n) is 4.57. The predicted molar refractivity (Wildman–Crippen MR) is 125 cm³/mol. The van der Waals surface area contributed by atoms with Crippen LogP contribution in [0, 0.1) is 0 Å². The lowest BCUT2D eigenvalue weighted by atomic mass is 10.1. The van der Waals surface area contributed by atoms with Gasteiger partial charge in [0.15, 0.2) is 21.3 Å². The maximum Gasteiger partial charge on any atom is 0.322 e. The zero-order valence-corrected chi connectivity index (χ0v) is 20.3. The number of hydrogen-bond acceptors (Lipinski definition) is 9. The Bertz CT molecular complexity index is 1210. The van der Waals surface area contributed by atoms with Crippen molar-refractivity contribution in [2.24, 2.45) is 0 Å². The van der Waals surface area contributed by atoms with Gasteiger partial charge in [-0.15, -0.1) is 5.10 Å². The summed E-state index contributed by atoms with van der Waals surface area (Å²) < 4.78 is 45.7. The number of aromatic nitrogens is 2. The van der Waals surface area contributed by atoms with Crippen LogP contribution in [-0.4, -0.2) is 50.6 Å². The van der Waals surface area contributed by atoms with Gasteiger partial charge in [0.1, 0.15) is 0 Å². The lowest BCUT2D eigenvalue weighted by Gasteiger charge is -2.16. The van der Waals surface area contributed by atoms with Crippen molar-refractivity contribution in [3.63, 3.8) is 0 Å². The highest BCUT2D eigenvalue weighted by Gasteiger charge is 2.20. The van der Waals surface area contributed by atoms with E-state index in [1.807, 2.05) is 20.8 Å². The Labute approximate surface area is 198 Å². The number of ether oxygens (including phenoxy) is 3. The van der Waals surface area contributed by atoms with Crippen LogP contribution < -0.4 is 19.5 Å². The van der Waals surface area contributed by atoms with E-state index < -0.39 is 15.7 Å². The number of carbonyl (C=O) groups excluding carboxylic acids is 1. The number of amides is 1.